The second kappa shape index (κ2) is 6.49. The van der Waals surface area contributed by atoms with Crippen LogP contribution in [-0.2, 0) is 25.6 Å². The molecule has 2 fully saturated rings. The van der Waals surface area contributed by atoms with E-state index in [1.54, 1.807) is 0 Å². The summed E-state index contributed by atoms with van der Waals surface area (Å²) in [5.74, 6) is 1.22. The Bertz CT molecular complexity index is 648. The summed E-state index contributed by atoms with van der Waals surface area (Å²) in [7, 11) is -3.37. The number of fused-ring (bicyclic) bond motifs is 1. The van der Waals surface area contributed by atoms with E-state index in [1.807, 2.05) is 30.3 Å². The van der Waals surface area contributed by atoms with Crippen LogP contribution in [0.25, 0.3) is 0 Å². The fraction of sp³-hybridized carbons (Fsp3) is 0.562. The highest BCUT2D eigenvalue weighted by molar-refractivity contribution is 7.85. The third kappa shape index (κ3) is 4.45. The van der Waals surface area contributed by atoms with Crippen molar-refractivity contribution in [3.05, 3.63) is 35.9 Å². The average molecular weight is 339 g/mol. The first-order valence-corrected chi connectivity index (χ1v) is 9.55. The molecule has 0 radical (unpaired) electrons. The zero-order chi connectivity index (χ0) is 16.4. The highest BCUT2D eigenvalue weighted by Crippen LogP contribution is 2.57. The summed E-state index contributed by atoms with van der Waals surface area (Å²) in [5, 5.41) is 2.88. The molecule has 0 heterocycles. The van der Waals surface area contributed by atoms with E-state index < -0.39 is 16.2 Å². The van der Waals surface area contributed by atoms with Gasteiger partial charge in [-0.3, -0.25) is 4.18 Å². The van der Waals surface area contributed by atoms with Gasteiger partial charge in [-0.2, -0.15) is 8.42 Å². The quantitative estimate of drug-likeness (QED) is 0.801. The molecule has 2 saturated carbocycles. The maximum atomic E-state index is 11.8. The Morgan fingerprint density at radius 1 is 1.22 bits per heavy atom. The van der Waals surface area contributed by atoms with Crippen LogP contribution in [0.4, 0.5) is 4.79 Å². The van der Waals surface area contributed by atoms with Crippen LogP contribution in [-0.4, -0.2) is 33.4 Å². The molecule has 1 aromatic rings. The molecule has 6 nitrogen and oxygen atoms in total. The predicted molar refractivity (Wildman–Crippen MR) is 84.1 cm³/mol. The summed E-state index contributed by atoms with van der Waals surface area (Å²) < 4.78 is 32.0. The van der Waals surface area contributed by atoms with Crippen LogP contribution in [0.1, 0.15) is 18.4 Å². The lowest BCUT2D eigenvalue weighted by Gasteiger charge is -2.16. The van der Waals surface area contributed by atoms with E-state index in [9.17, 15) is 13.2 Å². The Labute approximate surface area is 136 Å². The minimum atomic E-state index is -3.37. The van der Waals surface area contributed by atoms with Crippen LogP contribution < -0.4 is 5.32 Å². The standard InChI is InChI=1S/C16H21NO5S/c1-23(19,20)22-10-15-13-7-12(8-14(13)15)17-16(18)21-9-11-5-3-2-4-6-11/h2-6,12-15H,7-10H2,1H3,(H,17,18). The highest BCUT2D eigenvalue weighted by atomic mass is 32.2. The minimum absolute atomic E-state index is 0.114. The Hall–Kier alpha value is -1.60. The molecule has 0 spiro atoms. The van der Waals surface area contributed by atoms with Crippen molar-refractivity contribution in [2.24, 2.45) is 17.8 Å². The van der Waals surface area contributed by atoms with Gasteiger partial charge in [-0.05, 0) is 36.2 Å². The minimum Gasteiger partial charge on any atom is -0.445 e. The van der Waals surface area contributed by atoms with Gasteiger partial charge in [0.15, 0.2) is 0 Å². The van der Waals surface area contributed by atoms with Gasteiger partial charge in [0.05, 0.1) is 12.9 Å². The number of ether oxygens (including phenoxy) is 1. The zero-order valence-corrected chi connectivity index (χ0v) is 13.8. The van der Waals surface area contributed by atoms with Gasteiger partial charge in [0.2, 0.25) is 0 Å². The second-order valence-corrected chi connectivity index (χ2v) is 8.00. The lowest BCUT2D eigenvalue weighted by molar-refractivity contribution is 0.134. The van der Waals surface area contributed by atoms with Gasteiger partial charge in [-0.15, -0.1) is 0 Å². The number of benzene rings is 1. The van der Waals surface area contributed by atoms with Crippen LogP contribution in [0.5, 0.6) is 0 Å². The van der Waals surface area contributed by atoms with E-state index in [1.165, 1.54) is 0 Å². The molecule has 126 valence electrons. The maximum Gasteiger partial charge on any atom is 0.407 e. The Balaban J connectivity index is 1.35. The smallest absolute Gasteiger partial charge is 0.407 e. The van der Waals surface area contributed by atoms with Gasteiger partial charge in [0.1, 0.15) is 6.61 Å². The van der Waals surface area contributed by atoms with Crippen molar-refractivity contribution in [1.82, 2.24) is 5.32 Å². The third-order valence-electron chi connectivity index (χ3n) is 4.63. The molecule has 2 aliphatic rings. The average Bonchev–Trinajstić information content (AvgIpc) is 2.96. The van der Waals surface area contributed by atoms with Gasteiger partial charge in [-0.25, -0.2) is 4.79 Å². The lowest BCUT2D eigenvalue weighted by Crippen LogP contribution is -2.34. The van der Waals surface area contributed by atoms with E-state index in [-0.39, 0.29) is 19.3 Å². The van der Waals surface area contributed by atoms with Crippen molar-refractivity contribution in [1.29, 1.82) is 0 Å². The largest absolute Gasteiger partial charge is 0.445 e. The number of nitrogens with one attached hydrogen (secondary N) is 1. The van der Waals surface area contributed by atoms with Gasteiger partial charge < -0.3 is 10.1 Å². The molecule has 3 rings (SSSR count). The number of rotatable bonds is 6. The fourth-order valence-electron chi connectivity index (χ4n) is 3.48. The van der Waals surface area contributed by atoms with E-state index in [0.717, 1.165) is 24.7 Å². The molecule has 1 amide bonds. The summed E-state index contributed by atoms with van der Waals surface area (Å²) in [6.45, 7) is 0.524. The summed E-state index contributed by atoms with van der Waals surface area (Å²) in [6, 6.07) is 9.65. The molecular weight excluding hydrogens is 318 g/mol. The predicted octanol–water partition coefficient (Wildman–Crippen LogP) is 1.91. The van der Waals surface area contributed by atoms with Gasteiger partial charge in [0, 0.05) is 6.04 Å². The van der Waals surface area contributed by atoms with Crippen molar-refractivity contribution in [2.45, 2.75) is 25.5 Å². The maximum absolute atomic E-state index is 11.8. The number of hydrogen-bond acceptors (Lipinski definition) is 5. The van der Waals surface area contributed by atoms with Gasteiger partial charge in [0.25, 0.3) is 10.1 Å². The lowest BCUT2D eigenvalue weighted by atomic mass is 10.1. The van der Waals surface area contributed by atoms with Crippen LogP contribution >= 0.6 is 0 Å². The van der Waals surface area contributed by atoms with E-state index in [2.05, 4.69) is 5.32 Å². The fourth-order valence-corrected chi connectivity index (χ4v) is 3.88. The Morgan fingerprint density at radius 2 is 1.87 bits per heavy atom. The summed E-state index contributed by atoms with van der Waals surface area (Å²) >= 11 is 0. The van der Waals surface area contributed by atoms with Gasteiger partial charge in [-0.1, -0.05) is 30.3 Å². The molecular formula is C16H21NO5S. The summed E-state index contributed by atoms with van der Waals surface area (Å²) in [4.78, 5) is 11.8. The van der Waals surface area contributed by atoms with Crippen LogP contribution in [0.15, 0.2) is 30.3 Å². The second-order valence-electron chi connectivity index (χ2n) is 6.35. The summed E-state index contributed by atoms with van der Waals surface area (Å²) in [6.07, 6.45) is 2.40. The van der Waals surface area contributed by atoms with Crippen molar-refractivity contribution in [2.75, 3.05) is 12.9 Å². The number of carbonyl (C=O) groups is 1. The van der Waals surface area contributed by atoms with E-state index >= 15 is 0 Å². The molecule has 1 aromatic carbocycles. The van der Waals surface area contributed by atoms with Crippen LogP contribution in [0, 0.1) is 17.8 Å². The molecule has 0 aromatic heterocycles. The molecule has 23 heavy (non-hydrogen) atoms. The first-order chi connectivity index (χ1) is 10.9. The van der Waals surface area contributed by atoms with Crippen molar-refractivity contribution in [3.8, 4) is 0 Å². The van der Waals surface area contributed by atoms with Crippen LogP contribution in [0.2, 0.25) is 0 Å². The number of hydrogen-bond donors (Lipinski definition) is 1. The monoisotopic (exact) mass is 339 g/mol. The molecule has 0 bridgehead atoms. The van der Waals surface area contributed by atoms with E-state index in [0.29, 0.717) is 17.8 Å². The molecule has 2 aliphatic carbocycles. The van der Waals surface area contributed by atoms with Crippen molar-refractivity contribution >= 4 is 16.2 Å². The van der Waals surface area contributed by atoms with Crippen molar-refractivity contribution < 1.29 is 22.1 Å². The Kier molecular flexibility index (Phi) is 4.59. The van der Waals surface area contributed by atoms with E-state index in [4.69, 9.17) is 8.92 Å². The van der Waals surface area contributed by atoms with Crippen LogP contribution in [0.3, 0.4) is 0 Å². The molecule has 1 N–H and O–H groups in total. The number of carbonyl (C=O) groups excluding carboxylic acids is 1. The molecule has 0 aliphatic heterocycles. The number of amides is 1. The Morgan fingerprint density at radius 3 is 2.48 bits per heavy atom. The topological polar surface area (TPSA) is 81.7 Å². The van der Waals surface area contributed by atoms with Gasteiger partial charge >= 0.3 is 6.09 Å². The first kappa shape index (κ1) is 16.3. The third-order valence-corrected chi connectivity index (χ3v) is 5.20. The normalized spacial score (nSPS) is 28.9. The first-order valence-electron chi connectivity index (χ1n) is 7.74. The molecule has 2 unspecified atom stereocenters. The molecule has 0 saturated heterocycles. The van der Waals surface area contributed by atoms with Crippen molar-refractivity contribution in [3.63, 3.8) is 0 Å². The molecule has 7 heteroatoms. The highest BCUT2D eigenvalue weighted by Gasteiger charge is 2.56. The molecule has 2 atom stereocenters. The summed E-state index contributed by atoms with van der Waals surface area (Å²) in [5.41, 5.74) is 0.954. The SMILES string of the molecule is CS(=O)(=O)OCC1C2CC(NC(=O)OCc3ccccc3)CC12. The number of alkyl carbamates (subject to hydrolysis) is 1. The zero-order valence-electron chi connectivity index (χ0n) is 13.0.